The topological polar surface area (TPSA) is 47.3 Å². The van der Waals surface area contributed by atoms with Gasteiger partial charge < -0.3 is 14.6 Å². The molecule has 4 nitrogen and oxygen atoms in total. The molecule has 96 valence electrons. The molecule has 2 rings (SSSR count). The van der Waals surface area contributed by atoms with Gasteiger partial charge in [0.05, 0.1) is 18.5 Å². The molecule has 0 aliphatic rings. The summed E-state index contributed by atoms with van der Waals surface area (Å²) in [5.41, 5.74) is 2.93. The molecule has 1 aromatic carbocycles. The van der Waals surface area contributed by atoms with Crippen molar-refractivity contribution in [2.75, 3.05) is 12.4 Å². The molecule has 0 unspecified atom stereocenters. The number of rotatable bonds is 4. The Morgan fingerprint density at radius 1 is 1.39 bits per heavy atom. The number of nitrogens with one attached hydrogen (secondary N) is 1. The normalized spacial score (nSPS) is 10.4. The van der Waals surface area contributed by atoms with Crippen LogP contribution >= 0.6 is 15.9 Å². The summed E-state index contributed by atoms with van der Waals surface area (Å²) in [5.74, 6) is 1.65. The molecule has 1 heterocycles. The Kier molecular flexibility index (Phi) is 3.91. The van der Waals surface area contributed by atoms with E-state index in [1.54, 1.807) is 7.11 Å². The van der Waals surface area contributed by atoms with E-state index in [9.17, 15) is 0 Å². The van der Waals surface area contributed by atoms with Gasteiger partial charge in [-0.1, -0.05) is 21.1 Å². The molecule has 1 aromatic heterocycles. The predicted molar refractivity (Wildman–Crippen MR) is 74.0 cm³/mol. The zero-order chi connectivity index (χ0) is 13.1. The van der Waals surface area contributed by atoms with Crippen molar-refractivity contribution in [3.8, 4) is 5.75 Å². The van der Waals surface area contributed by atoms with Gasteiger partial charge in [0, 0.05) is 16.6 Å². The van der Waals surface area contributed by atoms with E-state index in [-0.39, 0.29) is 0 Å². The molecule has 0 aliphatic heterocycles. The number of hydrogen-bond acceptors (Lipinski definition) is 4. The Balaban J connectivity index is 2.17. The van der Waals surface area contributed by atoms with Crippen LogP contribution in [0.25, 0.3) is 0 Å². The summed E-state index contributed by atoms with van der Waals surface area (Å²) in [6.07, 6.45) is 0. The predicted octanol–water partition coefficient (Wildman–Crippen LogP) is 3.67. The summed E-state index contributed by atoms with van der Waals surface area (Å²) in [7, 11) is 1.66. The van der Waals surface area contributed by atoms with Crippen LogP contribution in [-0.4, -0.2) is 12.3 Å². The maximum atomic E-state index is 5.31. The third kappa shape index (κ3) is 2.67. The highest BCUT2D eigenvalue weighted by molar-refractivity contribution is 9.10. The molecule has 0 amide bonds. The number of benzene rings is 1. The molecule has 5 heteroatoms. The molecule has 0 atom stereocenters. The second kappa shape index (κ2) is 5.44. The van der Waals surface area contributed by atoms with Crippen molar-refractivity contribution >= 4 is 21.6 Å². The van der Waals surface area contributed by atoms with Crippen molar-refractivity contribution < 1.29 is 9.26 Å². The molecule has 0 radical (unpaired) electrons. The van der Waals surface area contributed by atoms with Gasteiger partial charge in [0.15, 0.2) is 0 Å². The second-order valence-corrected chi connectivity index (χ2v) is 4.92. The number of aromatic nitrogens is 1. The first kappa shape index (κ1) is 13.0. The molecular weight excluding hydrogens is 296 g/mol. The zero-order valence-corrected chi connectivity index (χ0v) is 12.2. The van der Waals surface area contributed by atoms with Crippen LogP contribution < -0.4 is 10.1 Å². The van der Waals surface area contributed by atoms with Crippen molar-refractivity contribution in [2.45, 2.75) is 20.4 Å². The minimum absolute atomic E-state index is 0.661. The van der Waals surface area contributed by atoms with Crippen molar-refractivity contribution in [2.24, 2.45) is 0 Å². The van der Waals surface area contributed by atoms with Crippen molar-refractivity contribution in [3.63, 3.8) is 0 Å². The van der Waals surface area contributed by atoms with Gasteiger partial charge in [-0.15, -0.1) is 0 Å². The van der Waals surface area contributed by atoms with Gasteiger partial charge in [0.2, 0.25) is 0 Å². The van der Waals surface area contributed by atoms with Crippen LogP contribution in [0.15, 0.2) is 27.2 Å². The molecule has 0 saturated carbocycles. The third-order valence-corrected chi connectivity index (χ3v) is 3.29. The van der Waals surface area contributed by atoms with E-state index in [4.69, 9.17) is 9.26 Å². The summed E-state index contributed by atoms with van der Waals surface area (Å²) in [4.78, 5) is 0. The van der Waals surface area contributed by atoms with Crippen LogP contribution in [0.2, 0.25) is 0 Å². The highest BCUT2D eigenvalue weighted by atomic mass is 79.9. The molecule has 0 bridgehead atoms. The van der Waals surface area contributed by atoms with Crippen LogP contribution in [0.1, 0.15) is 17.0 Å². The number of halogens is 1. The Labute approximate surface area is 114 Å². The van der Waals surface area contributed by atoms with Crippen LogP contribution in [0.4, 0.5) is 5.69 Å². The molecule has 0 aliphatic carbocycles. The SMILES string of the molecule is COc1ccc(Br)cc1NCc1c(C)noc1C. The summed E-state index contributed by atoms with van der Waals surface area (Å²) in [6.45, 7) is 4.51. The third-order valence-electron chi connectivity index (χ3n) is 2.80. The van der Waals surface area contributed by atoms with Gasteiger partial charge in [0.1, 0.15) is 11.5 Å². The first-order valence-corrected chi connectivity index (χ1v) is 6.40. The van der Waals surface area contributed by atoms with Crippen molar-refractivity contribution in [1.82, 2.24) is 5.16 Å². The lowest BCUT2D eigenvalue weighted by Crippen LogP contribution is -2.03. The lowest BCUT2D eigenvalue weighted by atomic mass is 10.2. The minimum Gasteiger partial charge on any atom is -0.495 e. The zero-order valence-electron chi connectivity index (χ0n) is 10.6. The number of aryl methyl sites for hydroxylation is 2. The fraction of sp³-hybridized carbons (Fsp3) is 0.308. The second-order valence-electron chi connectivity index (χ2n) is 4.00. The van der Waals surface area contributed by atoms with Crippen molar-refractivity contribution in [1.29, 1.82) is 0 Å². The Hall–Kier alpha value is -1.49. The number of anilines is 1. The first-order chi connectivity index (χ1) is 8.61. The van der Waals surface area contributed by atoms with Crippen molar-refractivity contribution in [3.05, 3.63) is 39.7 Å². The van der Waals surface area contributed by atoms with E-state index in [1.165, 1.54) is 0 Å². The van der Waals surface area contributed by atoms with E-state index in [0.29, 0.717) is 6.54 Å². The maximum absolute atomic E-state index is 5.31. The van der Waals surface area contributed by atoms with Gasteiger partial charge in [-0.3, -0.25) is 0 Å². The standard InChI is InChI=1S/C13H15BrN2O2/c1-8-11(9(2)18-16-8)7-15-12-6-10(14)4-5-13(12)17-3/h4-6,15H,7H2,1-3H3. The summed E-state index contributed by atoms with van der Waals surface area (Å²) in [5, 5.41) is 7.27. The maximum Gasteiger partial charge on any atom is 0.142 e. The molecule has 2 aromatic rings. The number of methoxy groups -OCH3 is 1. The Morgan fingerprint density at radius 2 is 2.17 bits per heavy atom. The Morgan fingerprint density at radius 3 is 2.78 bits per heavy atom. The largest absolute Gasteiger partial charge is 0.495 e. The van der Waals surface area contributed by atoms with Crippen LogP contribution in [0.5, 0.6) is 5.75 Å². The fourth-order valence-corrected chi connectivity index (χ4v) is 2.12. The van der Waals surface area contributed by atoms with E-state index in [1.807, 2.05) is 32.0 Å². The van der Waals surface area contributed by atoms with Crippen LogP contribution in [0.3, 0.4) is 0 Å². The van der Waals surface area contributed by atoms with E-state index in [2.05, 4.69) is 26.4 Å². The molecule has 0 saturated heterocycles. The monoisotopic (exact) mass is 310 g/mol. The van der Waals surface area contributed by atoms with E-state index < -0.39 is 0 Å². The molecule has 0 spiro atoms. The lowest BCUT2D eigenvalue weighted by Gasteiger charge is -2.11. The number of hydrogen-bond donors (Lipinski definition) is 1. The lowest BCUT2D eigenvalue weighted by molar-refractivity contribution is 0.392. The van der Waals surface area contributed by atoms with Gasteiger partial charge in [0.25, 0.3) is 0 Å². The molecular formula is C13H15BrN2O2. The smallest absolute Gasteiger partial charge is 0.142 e. The summed E-state index contributed by atoms with van der Waals surface area (Å²) in [6, 6.07) is 5.84. The number of ether oxygens (including phenoxy) is 1. The van der Waals surface area contributed by atoms with Crippen LogP contribution in [0, 0.1) is 13.8 Å². The Bertz CT molecular complexity index is 532. The molecule has 1 N–H and O–H groups in total. The van der Waals surface area contributed by atoms with Gasteiger partial charge in [-0.25, -0.2) is 0 Å². The quantitative estimate of drug-likeness (QED) is 0.936. The fourth-order valence-electron chi connectivity index (χ4n) is 1.76. The number of nitrogens with zero attached hydrogens (tertiary/aromatic N) is 1. The summed E-state index contributed by atoms with van der Waals surface area (Å²) < 4.78 is 11.4. The highest BCUT2D eigenvalue weighted by Crippen LogP contribution is 2.28. The average molecular weight is 311 g/mol. The minimum atomic E-state index is 0.661. The van der Waals surface area contributed by atoms with Gasteiger partial charge in [-0.2, -0.15) is 0 Å². The van der Waals surface area contributed by atoms with Gasteiger partial charge in [-0.05, 0) is 32.0 Å². The average Bonchev–Trinajstić information content (AvgIpc) is 2.67. The van der Waals surface area contributed by atoms with E-state index >= 15 is 0 Å². The molecule has 0 fully saturated rings. The first-order valence-electron chi connectivity index (χ1n) is 5.61. The summed E-state index contributed by atoms with van der Waals surface area (Å²) >= 11 is 3.45. The van der Waals surface area contributed by atoms with E-state index in [0.717, 1.165) is 32.9 Å². The van der Waals surface area contributed by atoms with Gasteiger partial charge >= 0.3 is 0 Å². The van der Waals surface area contributed by atoms with Crippen LogP contribution in [-0.2, 0) is 6.54 Å². The molecule has 18 heavy (non-hydrogen) atoms. The highest BCUT2D eigenvalue weighted by Gasteiger charge is 2.10.